The quantitative estimate of drug-likeness (QED) is 0.0154. The third-order valence-electron chi connectivity index (χ3n) is 7.92. The summed E-state index contributed by atoms with van der Waals surface area (Å²) in [5.74, 6) is 1.92. The number of esters is 2. The number of rotatable bonds is 9. The minimum absolute atomic E-state index is 0.112. The lowest BCUT2D eigenvalue weighted by Crippen LogP contribution is -2.08. The number of nitrogens with one attached hydrogen (secondary N) is 2. The van der Waals surface area contributed by atoms with E-state index in [1.807, 2.05) is 18.2 Å². The van der Waals surface area contributed by atoms with E-state index < -0.39 is 11.9 Å². The van der Waals surface area contributed by atoms with Gasteiger partial charge in [0, 0.05) is 97.2 Å². The SMILES string of the molecule is C#CC(=O)OC(C)C.CC(C)OC(=O)/C=C\n1cnc(-c2cc(Cl)cc(Cl)c2)n1.CSC(=N)c1cc(Cl)cc(Cl)c1.Clc1cc(Cl)cc(-c2ncn[nH]2)c1.N#Cc1cc(Cl)cc(Cl)c1.NC(=S)c1cc(Cl)cc(Cl)c1.NCC=O. The first-order valence-electron chi connectivity index (χ1n) is 21.8. The number of H-pyrrole nitrogens is 1. The van der Waals surface area contributed by atoms with Gasteiger partial charge in [-0.2, -0.15) is 10.4 Å². The smallest absolute Gasteiger partial charge is 0.384 e. The molecule has 0 unspecified atom stereocenters. The van der Waals surface area contributed by atoms with Crippen molar-refractivity contribution in [2.45, 2.75) is 39.9 Å². The summed E-state index contributed by atoms with van der Waals surface area (Å²) < 4.78 is 10.9. The minimum atomic E-state index is -0.597. The number of halogens is 10. The number of aldehydes is 1. The predicted octanol–water partition coefficient (Wildman–Crippen LogP) is 15.3. The van der Waals surface area contributed by atoms with Gasteiger partial charge in [-0.3, -0.25) is 10.5 Å². The van der Waals surface area contributed by atoms with Crippen molar-refractivity contribution in [3.05, 3.63) is 177 Å². The number of benzene rings is 5. The van der Waals surface area contributed by atoms with Gasteiger partial charge < -0.3 is 25.7 Å². The molecule has 0 aliphatic carbocycles. The van der Waals surface area contributed by atoms with Gasteiger partial charge in [0.05, 0.1) is 28.9 Å². The zero-order valence-corrected chi connectivity index (χ0v) is 51.2. The fraction of sp³-hybridized carbons (Fsp3) is 0.154. The fourth-order valence-corrected chi connectivity index (χ4v) is 8.07. The number of hydrogen-bond acceptors (Lipinski definition) is 14. The Kier molecular flexibility index (Phi) is 35.4. The number of nitriles is 1. The summed E-state index contributed by atoms with van der Waals surface area (Å²) >= 11 is 63.7. The molecule has 7 aromatic rings. The van der Waals surface area contributed by atoms with Crippen molar-refractivity contribution in [1.82, 2.24) is 29.9 Å². The molecular formula is C52H46Cl10N10O5S2. The first-order chi connectivity index (χ1) is 37.2. The van der Waals surface area contributed by atoms with Gasteiger partial charge in [0.1, 0.15) is 23.9 Å². The highest BCUT2D eigenvalue weighted by atomic mass is 35.5. The van der Waals surface area contributed by atoms with Gasteiger partial charge in [0.2, 0.25) is 0 Å². The van der Waals surface area contributed by atoms with Crippen molar-refractivity contribution < 1.29 is 23.9 Å². The molecule has 0 saturated carbocycles. The molecule has 416 valence electrons. The topological polar surface area (TPSA) is 242 Å². The van der Waals surface area contributed by atoms with Gasteiger partial charge in [-0.15, -0.1) is 23.3 Å². The number of thioether (sulfide) groups is 1. The van der Waals surface area contributed by atoms with Gasteiger partial charge in [0.15, 0.2) is 11.6 Å². The molecule has 7 rings (SSSR count). The van der Waals surface area contributed by atoms with Crippen LogP contribution in [-0.4, -0.2) is 83.2 Å². The number of terminal acetylenes is 1. The molecule has 0 radical (unpaired) electrons. The van der Waals surface area contributed by atoms with Crippen LogP contribution in [0.25, 0.3) is 29.0 Å². The average molecular weight is 1310 g/mol. The van der Waals surface area contributed by atoms with Crippen LogP contribution in [0.2, 0.25) is 50.2 Å². The maximum atomic E-state index is 11.4. The van der Waals surface area contributed by atoms with Crippen molar-refractivity contribution in [2.24, 2.45) is 11.5 Å². The molecule has 5 aromatic carbocycles. The van der Waals surface area contributed by atoms with Crippen LogP contribution in [0.1, 0.15) is 44.4 Å². The van der Waals surface area contributed by atoms with Crippen LogP contribution in [0.3, 0.4) is 0 Å². The summed E-state index contributed by atoms with van der Waals surface area (Å²) in [5, 5.41) is 32.5. The monoisotopic (exact) mass is 1300 g/mol. The average Bonchev–Trinajstić information content (AvgIpc) is 4.09. The molecular weight excluding hydrogens is 1260 g/mol. The van der Waals surface area contributed by atoms with E-state index >= 15 is 0 Å². The summed E-state index contributed by atoms with van der Waals surface area (Å²) in [7, 11) is 0. The van der Waals surface area contributed by atoms with E-state index in [0.29, 0.717) is 94.9 Å². The number of carbonyl (C=O) groups excluding carboxylic acids is 3. The van der Waals surface area contributed by atoms with Crippen molar-refractivity contribution in [3.63, 3.8) is 0 Å². The van der Waals surface area contributed by atoms with E-state index in [4.69, 9.17) is 161 Å². The summed E-state index contributed by atoms with van der Waals surface area (Å²) in [6, 6.07) is 27.0. The molecule has 0 spiro atoms. The van der Waals surface area contributed by atoms with E-state index in [1.54, 1.807) is 119 Å². The van der Waals surface area contributed by atoms with Crippen molar-refractivity contribution >= 4 is 174 Å². The van der Waals surface area contributed by atoms with Gasteiger partial charge in [-0.1, -0.05) is 128 Å². The Balaban J connectivity index is 0.000000480. The van der Waals surface area contributed by atoms with E-state index in [2.05, 4.69) is 35.7 Å². The number of carbonyl (C=O) groups is 3. The molecule has 2 aromatic heterocycles. The molecule has 0 bridgehead atoms. The Hall–Kier alpha value is -5.45. The Morgan fingerprint density at radius 1 is 0.734 bits per heavy atom. The molecule has 2 heterocycles. The van der Waals surface area contributed by atoms with Crippen LogP contribution in [-0.2, 0) is 23.9 Å². The lowest BCUT2D eigenvalue weighted by molar-refractivity contribution is -0.141. The first kappa shape index (κ1) is 71.6. The van der Waals surface area contributed by atoms with Crippen LogP contribution < -0.4 is 11.5 Å². The lowest BCUT2D eigenvalue weighted by Gasteiger charge is -2.03. The molecule has 6 N–H and O–H groups in total. The summed E-state index contributed by atoms with van der Waals surface area (Å²) in [6.45, 7) is 7.19. The van der Waals surface area contributed by atoms with Gasteiger partial charge >= 0.3 is 11.9 Å². The molecule has 0 aliphatic rings. The minimum Gasteiger partial charge on any atom is -0.460 e. The third kappa shape index (κ3) is 31.8. The zero-order valence-electron chi connectivity index (χ0n) is 42.0. The number of thiocarbonyl (C=S) groups is 1. The summed E-state index contributed by atoms with van der Waals surface area (Å²) in [5.41, 5.74) is 13.5. The highest BCUT2D eigenvalue weighted by molar-refractivity contribution is 8.13. The van der Waals surface area contributed by atoms with E-state index in [-0.39, 0.29) is 18.8 Å². The normalized spacial score (nSPS) is 9.82. The highest BCUT2D eigenvalue weighted by Gasteiger charge is 2.08. The summed E-state index contributed by atoms with van der Waals surface area (Å²) in [6.07, 6.45) is 12.6. The number of nitrogens with zero attached hydrogens (tertiary/aromatic N) is 6. The second kappa shape index (κ2) is 39.0. The van der Waals surface area contributed by atoms with E-state index in [0.717, 1.165) is 11.1 Å². The van der Waals surface area contributed by atoms with E-state index in [9.17, 15) is 9.59 Å². The van der Waals surface area contributed by atoms with Crippen molar-refractivity contribution in [1.29, 1.82) is 10.7 Å². The Bertz CT molecular complexity index is 3140. The predicted molar refractivity (Wildman–Crippen MR) is 329 cm³/mol. The van der Waals surface area contributed by atoms with Gasteiger partial charge in [-0.05, 0) is 125 Å². The molecule has 0 atom stereocenters. The Morgan fingerprint density at radius 3 is 1.51 bits per heavy atom. The van der Waals surface area contributed by atoms with E-state index in [1.165, 1.54) is 41.4 Å². The number of aromatic nitrogens is 6. The van der Waals surface area contributed by atoms with Crippen LogP contribution in [0.5, 0.6) is 0 Å². The molecule has 0 saturated heterocycles. The molecule has 0 aliphatic heterocycles. The lowest BCUT2D eigenvalue weighted by atomic mass is 10.2. The van der Waals surface area contributed by atoms with Gasteiger partial charge in [0.25, 0.3) is 0 Å². The van der Waals surface area contributed by atoms with Crippen molar-refractivity contribution in [2.75, 3.05) is 12.8 Å². The van der Waals surface area contributed by atoms with Gasteiger partial charge in [-0.25, -0.2) is 24.2 Å². The maximum absolute atomic E-state index is 11.4. The number of aromatic amines is 1. The Morgan fingerprint density at radius 2 is 1.15 bits per heavy atom. The summed E-state index contributed by atoms with van der Waals surface area (Å²) in [4.78, 5) is 39.0. The number of ether oxygens (including phenoxy) is 2. The van der Waals surface area contributed by atoms with Crippen LogP contribution in [0, 0.1) is 29.1 Å². The van der Waals surface area contributed by atoms with Crippen LogP contribution in [0.4, 0.5) is 0 Å². The standard InChI is InChI=1S/C14H13Cl2N3O2.C8H5Cl2N3.C8H7Cl2NS.C7H5Cl2NS.C7H3Cl2N.C6H8O2.C2H5NO/c1-9(2)21-13(20)3-4-19-8-17-14(18-19)10-5-11(15)7-12(16)6-10;9-6-1-5(2-7(10)3-6)8-11-4-12-13-8;1-12-8(11)5-2-6(9)4-7(10)3-5;8-5-1-4(7(10)11)2-6(9)3-5;8-6-1-5(4-10)2-7(9)3-6;1-4-6(7)8-5(2)3;3-1-2-4/h3-9H,1-2H3;1-4H,(H,11,12,13);2-4,11H,1H3;1-3H,(H2,10,11);1-3H;1,5H,2-3H3;2H,1,3H2/b4-3-;;;;;;. The molecule has 79 heavy (non-hydrogen) atoms. The molecule has 15 nitrogen and oxygen atoms in total. The number of nitrogens with two attached hydrogens (primary N) is 2. The van der Waals surface area contributed by atoms with Crippen molar-refractivity contribution in [3.8, 4) is 41.2 Å². The van der Waals surface area contributed by atoms with Crippen LogP contribution >= 0.6 is 140 Å². The number of hydrogen-bond donors (Lipinski definition) is 4. The fourth-order valence-electron chi connectivity index (χ4n) is 4.97. The first-order valence-corrected chi connectivity index (χ1v) is 27.2. The van der Waals surface area contributed by atoms with Crippen LogP contribution in [0.15, 0.2) is 110 Å². The maximum Gasteiger partial charge on any atom is 0.384 e. The molecule has 0 fully saturated rings. The highest BCUT2D eigenvalue weighted by Crippen LogP contribution is 2.27. The Labute approximate surface area is 516 Å². The molecule has 0 amide bonds. The second-order valence-corrected chi connectivity index (χ2v) is 20.6. The zero-order chi connectivity index (χ0) is 59.8. The molecule has 27 heteroatoms. The second-order valence-electron chi connectivity index (χ2n) is 15.0. The third-order valence-corrected chi connectivity index (χ3v) is 11.0. The largest absolute Gasteiger partial charge is 0.460 e.